The number of nitrogens with one attached hydrogen (secondary N) is 3. The Morgan fingerprint density at radius 3 is 2.38 bits per heavy atom. The van der Waals surface area contributed by atoms with Gasteiger partial charge in [-0.1, -0.05) is 35.2 Å². The molecule has 0 saturated heterocycles. The zero-order valence-electron chi connectivity index (χ0n) is 14.8. The van der Waals surface area contributed by atoms with Gasteiger partial charge in [-0.15, -0.1) is 0 Å². The SMILES string of the molecule is COC(=O)C1(NC(=O)CCNC(=O)Nc2ccc(Br)cc2)CCCCC1. The highest BCUT2D eigenvalue weighted by atomic mass is 79.9. The molecule has 0 radical (unpaired) electrons. The Bertz CT molecular complexity index is 642. The largest absolute Gasteiger partial charge is 0.467 e. The van der Waals surface area contributed by atoms with E-state index in [4.69, 9.17) is 4.74 Å². The van der Waals surface area contributed by atoms with Crippen molar-refractivity contribution in [3.8, 4) is 0 Å². The molecule has 0 aliphatic heterocycles. The molecule has 1 aromatic carbocycles. The minimum atomic E-state index is -0.927. The van der Waals surface area contributed by atoms with E-state index < -0.39 is 11.5 Å². The van der Waals surface area contributed by atoms with Crippen molar-refractivity contribution >= 4 is 39.5 Å². The van der Waals surface area contributed by atoms with Crippen LogP contribution in [0.5, 0.6) is 0 Å². The fourth-order valence-corrected chi connectivity index (χ4v) is 3.32. The van der Waals surface area contributed by atoms with Crippen LogP contribution in [0.1, 0.15) is 38.5 Å². The molecular weight excluding hydrogens is 402 g/mol. The summed E-state index contributed by atoms with van der Waals surface area (Å²) < 4.78 is 5.79. The van der Waals surface area contributed by atoms with Crippen LogP contribution >= 0.6 is 15.9 Å². The number of urea groups is 1. The number of ether oxygens (including phenoxy) is 1. The summed E-state index contributed by atoms with van der Waals surface area (Å²) in [7, 11) is 1.33. The average Bonchev–Trinajstić information content (AvgIpc) is 2.63. The third kappa shape index (κ3) is 5.72. The molecule has 0 unspecified atom stereocenters. The van der Waals surface area contributed by atoms with Gasteiger partial charge in [0.2, 0.25) is 5.91 Å². The lowest BCUT2D eigenvalue weighted by molar-refractivity contribution is -0.152. The third-order valence-electron chi connectivity index (χ3n) is 4.40. The number of rotatable bonds is 6. The van der Waals surface area contributed by atoms with Gasteiger partial charge in [0.25, 0.3) is 0 Å². The number of amides is 3. The molecule has 3 amide bonds. The van der Waals surface area contributed by atoms with Crippen LogP contribution < -0.4 is 16.0 Å². The van der Waals surface area contributed by atoms with Gasteiger partial charge < -0.3 is 20.7 Å². The summed E-state index contributed by atoms with van der Waals surface area (Å²) in [6.07, 6.45) is 4.07. The first kappa shape index (κ1) is 20.2. The molecule has 1 saturated carbocycles. The summed E-state index contributed by atoms with van der Waals surface area (Å²) in [6.45, 7) is 0.172. The Morgan fingerprint density at radius 1 is 1.12 bits per heavy atom. The lowest BCUT2D eigenvalue weighted by Gasteiger charge is -2.35. The Balaban J connectivity index is 1.77. The summed E-state index contributed by atoms with van der Waals surface area (Å²) in [4.78, 5) is 36.2. The number of halogens is 1. The van der Waals surface area contributed by atoms with Gasteiger partial charge in [-0.25, -0.2) is 9.59 Å². The van der Waals surface area contributed by atoms with E-state index in [-0.39, 0.29) is 24.9 Å². The molecule has 1 fully saturated rings. The van der Waals surface area contributed by atoms with Gasteiger partial charge in [0, 0.05) is 23.1 Å². The first-order valence-electron chi connectivity index (χ1n) is 8.65. The van der Waals surface area contributed by atoms with Crippen LogP contribution in [0.3, 0.4) is 0 Å². The molecule has 0 bridgehead atoms. The van der Waals surface area contributed by atoms with E-state index in [9.17, 15) is 14.4 Å². The van der Waals surface area contributed by atoms with Gasteiger partial charge in [-0.05, 0) is 37.1 Å². The van der Waals surface area contributed by atoms with Crippen molar-refractivity contribution in [3.63, 3.8) is 0 Å². The number of hydrogen-bond donors (Lipinski definition) is 3. The van der Waals surface area contributed by atoms with Crippen LogP contribution in [0.4, 0.5) is 10.5 Å². The smallest absolute Gasteiger partial charge is 0.331 e. The zero-order chi connectivity index (χ0) is 19.0. The maximum atomic E-state index is 12.2. The van der Waals surface area contributed by atoms with Gasteiger partial charge in [-0.3, -0.25) is 4.79 Å². The highest BCUT2D eigenvalue weighted by Gasteiger charge is 2.41. The van der Waals surface area contributed by atoms with Crippen molar-refractivity contribution in [1.29, 1.82) is 0 Å². The molecule has 0 spiro atoms. The third-order valence-corrected chi connectivity index (χ3v) is 4.93. The van der Waals surface area contributed by atoms with Crippen molar-refractivity contribution < 1.29 is 19.1 Å². The monoisotopic (exact) mass is 425 g/mol. The van der Waals surface area contributed by atoms with Crippen molar-refractivity contribution in [3.05, 3.63) is 28.7 Å². The van der Waals surface area contributed by atoms with E-state index in [1.807, 2.05) is 12.1 Å². The lowest BCUT2D eigenvalue weighted by atomic mass is 9.81. The Hall–Kier alpha value is -2.09. The highest BCUT2D eigenvalue weighted by molar-refractivity contribution is 9.10. The standard InChI is InChI=1S/C18H24BrN3O4/c1-26-16(24)18(10-3-2-4-11-18)22-15(23)9-12-20-17(25)21-14-7-5-13(19)6-8-14/h5-8H,2-4,9-12H2,1H3,(H,22,23)(H2,20,21,25). The van der Waals surface area contributed by atoms with Crippen molar-refractivity contribution in [2.75, 3.05) is 19.0 Å². The van der Waals surface area contributed by atoms with E-state index in [1.54, 1.807) is 12.1 Å². The number of benzene rings is 1. The first-order valence-corrected chi connectivity index (χ1v) is 9.44. The van der Waals surface area contributed by atoms with Crippen molar-refractivity contribution in [1.82, 2.24) is 10.6 Å². The molecule has 0 aromatic heterocycles. The van der Waals surface area contributed by atoms with E-state index in [1.165, 1.54) is 7.11 Å². The molecule has 2 rings (SSSR count). The predicted molar refractivity (Wildman–Crippen MR) is 102 cm³/mol. The molecule has 3 N–H and O–H groups in total. The zero-order valence-corrected chi connectivity index (χ0v) is 16.4. The Kier molecular flexibility index (Phi) is 7.44. The number of anilines is 1. The molecule has 0 atom stereocenters. The second-order valence-corrected chi connectivity index (χ2v) is 7.24. The molecule has 1 aliphatic carbocycles. The second kappa shape index (κ2) is 9.56. The van der Waals surface area contributed by atoms with Gasteiger partial charge >= 0.3 is 12.0 Å². The molecule has 0 heterocycles. The number of carbonyl (C=O) groups excluding carboxylic acids is 3. The summed E-state index contributed by atoms with van der Waals surface area (Å²) in [5.41, 5.74) is -0.272. The van der Waals surface area contributed by atoms with Gasteiger partial charge in [0.15, 0.2) is 0 Å². The molecule has 8 heteroatoms. The van der Waals surface area contributed by atoms with Crippen molar-refractivity contribution in [2.24, 2.45) is 0 Å². The second-order valence-electron chi connectivity index (χ2n) is 6.32. The number of carbonyl (C=O) groups is 3. The maximum Gasteiger partial charge on any atom is 0.331 e. The number of esters is 1. The quantitative estimate of drug-likeness (QED) is 0.610. The van der Waals surface area contributed by atoms with Gasteiger partial charge in [-0.2, -0.15) is 0 Å². The van der Waals surface area contributed by atoms with Crippen LogP contribution in [-0.2, 0) is 14.3 Å². The molecule has 26 heavy (non-hydrogen) atoms. The predicted octanol–water partition coefficient (Wildman–Crippen LogP) is 2.95. The van der Waals surface area contributed by atoms with E-state index in [2.05, 4.69) is 31.9 Å². The molecule has 7 nitrogen and oxygen atoms in total. The molecule has 142 valence electrons. The minimum Gasteiger partial charge on any atom is -0.467 e. The van der Waals surface area contributed by atoms with Gasteiger partial charge in [0.1, 0.15) is 5.54 Å². The first-order chi connectivity index (χ1) is 12.4. The van der Waals surface area contributed by atoms with Crippen molar-refractivity contribution in [2.45, 2.75) is 44.1 Å². The summed E-state index contributed by atoms with van der Waals surface area (Å²) in [5, 5.41) is 8.14. The van der Waals surface area contributed by atoms with Crippen LogP contribution in [0.25, 0.3) is 0 Å². The fourth-order valence-electron chi connectivity index (χ4n) is 3.06. The number of hydrogen-bond acceptors (Lipinski definition) is 4. The Morgan fingerprint density at radius 2 is 1.77 bits per heavy atom. The lowest BCUT2D eigenvalue weighted by Crippen LogP contribution is -2.56. The van der Waals surface area contributed by atoms with E-state index in [0.717, 1.165) is 23.7 Å². The summed E-state index contributed by atoms with van der Waals surface area (Å²) in [6, 6.07) is 6.78. The fraction of sp³-hybridized carbons (Fsp3) is 0.500. The van der Waals surface area contributed by atoms with Crippen LogP contribution in [0, 0.1) is 0 Å². The molecule has 1 aromatic rings. The molecular formula is C18H24BrN3O4. The normalized spacial score (nSPS) is 15.6. The summed E-state index contributed by atoms with van der Waals surface area (Å²) in [5.74, 6) is -0.673. The number of methoxy groups -OCH3 is 1. The Labute approximate surface area is 161 Å². The topological polar surface area (TPSA) is 96.5 Å². The van der Waals surface area contributed by atoms with Crippen LogP contribution in [0.2, 0.25) is 0 Å². The maximum absolute atomic E-state index is 12.2. The van der Waals surface area contributed by atoms with Crippen LogP contribution in [-0.4, -0.2) is 37.1 Å². The highest BCUT2D eigenvalue weighted by Crippen LogP contribution is 2.29. The van der Waals surface area contributed by atoms with Crippen LogP contribution in [0.15, 0.2) is 28.7 Å². The molecule has 1 aliphatic rings. The van der Waals surface area contributed by atoms with E-state index >= 15 is 0 Å². The van der Waals surface area contributed by atoms with E-state index in [0.29, 0.717) is 18.5 Å². The van der Waals surface area contributed by atoms with Gasteiger partial charge in [0.05, 0.1) is 7.11 Å². The summed E-state index contributed by atoms with van der Waals surface area (Å²) >= 11 is 3.32. The average molecular weight is 426 g/mol. The minimum absolute atomic E-state index is 0.0898.